The van der Waals surface area contributed by atoms with Gasteiger partial charge < -0.3 is 10.6 Å². The number of aryl methyl sites for hydroxylation is 1. The predicted molar refractivity (Wildman–Crippen MR) is 121 cm³/mol. The number of carbonyl (C=O) groups is 1. The van der Waals surface area contributed by atoms with Crippen LogP contribution in [0.3, 0.4) is 0 Å². The lowest BCUT2D eigenvalue weighted by molar-refractivity contribution is 0.0948. The molecule has 2 N–H and O–H groups in total. The number of rotatable bonds is 4. The first-order valence-corrected chi connectivity index (χ1v) is 10.5. The summed E-state index contributed by atoms with van der Waals surface area (Å²) in [6, 6.07) is 14.3. The standard InChI is InChI=1S/C22H22N4OS.ClH/c1-14-2-4-16(5-3-14)18-13-26-19-7-6-17(10-20(19)28-22(26)25-18)21(27)24-12-15-8-9-23-11-15;/h2-7,10,13,15,23H,8-9,11-12H2,1H3,(H,24,27);1H/t15-;/m1./s1. The summed E-state index contributed by atoms with van der Waals surface area (Å²) in [6.45, 7) is 4.86. The first-order valence-electron chi connectivity index (χ1n) is 9.65. The van der Waals surface area contributed by atoms with Gasteiger partial charge in [-0.25, -0.2) is 4.98 Å². The third-order valence-corrected chi connectivity index (χ3v) is 6.43. The average molecular weight is 427 g/mol. The zero-order valence-electron chi connectivity index (χ0n) is 16.1. The fourth-order valence-corrected chi connectivity index (χ4v) is 4.78. The van der Waals surface area contributed by atoms with E-state index < -0.39 is 0 Å². The molecule has 29 heavy (non-hydrogen) atoms. The zero-order chi connectivity index (χ0) is 19.1. The van der Waals surface area contributed by atoms with Gasteiger partial charge in [-0.1, -0.05) is 41.2 Å². The van der Waals surface area contributed by atoms with Gasteiger partial charge in [0, 0.05) is 23.9 Å². The van der Waals surface area contributed by atoms with Crippen LogP contribution in [0.15, 0.2) is 48.7 Å². The fourth-order valence-electron chi connectivity index (χ4n) is 3.73. The summed E-state index contributed by atoms with van der Waals surface area (Å²) in [5.41, 5.74) is 5.13. The molecule has 3 heterocycles. The van der Waals surface area contributed by atoms with Gasteiger partial charge in [0.15, 0.2) is 4.96 Å². The maximum absolute atomic E-state index is 12.5. The van der Waals surface area contributed by atoms with E-state index in [1.807, 2.05) is 18.2 Å². The van der Waals surface area contributed by atoms with Crippen LogP contribution in [-0.2, 0) is 0 Å². The molecule has 0 bridgehead atoms. The quantitative estimate of drug-likeness (QED) is 0.512. The summed E-state index contributed by atoms with van der Waals surface area (Å²) in [6.07, 6.45) is 3.20. The minimum atomic E-state index is 0. The molecule has 1 atom stereocenters. The van der Waals surface area contributed by atoms with Crippen LogP contribution in [0.4, 0.5) is 0 Å². The normalized spacial score (nSPS) is 16.2. The van der Waals surface area contributed by atoms with Gasteiger partial charge >= 0.3 is 0 Å². The number of carbonyl (C=O) groups excluding carboxylic acids is 1. The molecular weight excluding hydrogens is 404 g/mol. The summed E-state index contributed by atoms with van der Waals surface area (Å²) in [7, 11) is 0. The molecular formula is C22H23ClN4OS. The third kappa shape index (κ3) is 3.88. The van der Waals surface area contributed by atoms with Gasteiger partial charge in [-0.2, -0.15) is 0 Å². The Morgan fingerprint density at radius 2 is 2.10 bits per heavy atom. The number of thiazole rings is 1. The lowest BCUT2D eigenvalue weighted by atomic mass is 10.1. The number of hydrogen-bond acceptors (Lipinski definition) is 4. The highest BCUT2D eigenvalue weighted by molar-refractivity contribution is 7.23. The number of imidazole rings is 1. The highest BCUT2D eigenvalue weighted by Crippen LogP contribution is 2.30. The molecule has 0 aliphatic carbocycles. The van der Waals surface area contributed by atoms with E-state index in [0.717, 1.165) is 52.5 Å². The number of halogens is 1. The van der Waals surface area contributed by atoms with Gasteiger partial charge in [0.1, 0.15) is 0 Å². The molecule has 1 fully saturated rings. The van der Waals surface area contributed by atoms with Crippen molar-refractivity contribution in [3.8, 4) is 11.3 Å². The van der Waals surface area contributed by atoms with Crippen molar-refractivity contribution in [3.63, 3.8) is 0 Å². The van der Waals surface area contributed by atoms with E-state index >= 15 is 0 Å². The topological polar surface area (TPSA) is 58.4 Å². The minimum Gasteiger partial charge on any atom is -0.352 e. The Morgan fingerprint density at radius 3 is 2.86 bits per heavy atom. The van der Waals surface area contributed by atoms with Crippen molar-refractivity contribution in [2.45, 2.75) is 13.3 Å². The Kier molecular flexibility index (Phi) is 5.58. The van der Waals surface area contributed by atoms with Crippen LogP contribution >= 0.6 is 23.7 Å². The number of hydrogen-bond donors (Lipinski definition) is 2. The Morgan fingerprint density at radius 1 is 1.28 bits per heavy atom. The molecule has 2 aromatic heterocycles. The summed E-state index contributed by atoms with van der Waals surface area (Å²) >= 11 is 1.62. The molecule has 7 heteroatoms. The second-order valence-electron chi connectivity index (χ2n) is 7.50. The van der Waals surface area contributed by atoms with Gasteiger partial charge in [0.25, 0.3) is 5.91 Å². The van der Waals surface area contributed by atoms with Crippen LogP contribution in [0.5, 0.6) is 0 Å². The molecule has 0 unspecified atom stereocenters. The molecule has 0 radical (unpaired) electrons. The van der Waals surface area contributed by atoms with Crippen LogP contribution in [0.25, 0.3) is 26.4 Å². The van der Waals surface area contributed by atoms with Crippen molar-refractivity contribution >= 4 is 44.8 Å². The lowest BCUT2D eigenvalue weighted by Crippen LogP contribution is -2.30. The van der Waals surface area contributed by atoms with Crippen molar-refractivity contribution in [3.05, 3.63) is 59.8 Å². The maximum atomic E-state index is 12.5. The van der Waals surface area contributed by atoms with Crippen molar-refractivity contribution in [2.24, 2.45) is 5.92 Å². The molecule has 5 nitrogen and oxygen atoms in total. The zero-order valence-corrected chi connectivity index (χ0v) is 17.8. The second-order valence-corrected chi connectivity index (χ2v) is 8.51. The van der Waals surface area contributed by atoms with E-state index in [4.69, 9.17) is 4.98 Å². The van der Waals surface area contributed by atoms with E-state index in [1.165, 1.54) is 5.56 Å². The highest BCUT2D eigenvalue weighted by atomic mass is 35.5. The van der Waals surface area contributed by atoms with Crippen LogP contribution in [0.1, 0.15) is 22.3 Å². The minimum absolute atomic E-state index is 0. The summed E-state index contributed by atoms with van der Waals surface area (Å²) < 4.78 is 3.19. The smallest absolute Gasteiger partial charge is 0.251 e. The van der Waals surface area contributed by atoms with Crippen molar-refractivity contribution in [1.82, 2.24) is 20.0 Å². The van der Waals surface area contributed by atoms with E-state index in [-0.39, 0.29) is 18.3 Å². The van der Waals surface area contributed by atoms with E-state index in [2.05, 4.69) is 52.4 Å². The number of nitrogens with one attached hydrogen (secondary N) is 2. The van der Waals surface area contributed by atoms with E-state index in [9.17, 15) is 4.79 Å². The highest BCUT2D eigenvalue weighted by Gasteiger charge is 2.17. The SMILES string of the molecule is Cc1ccc(-c2cn3c(n2)sc2cc(C(=O)NC[C@@H]4CCNC4)ccc23)cc1.Cl. The molecule has 5 rings (SSSR count). The largest absolute Gasteiger partial charge is 0.352 e. The number of aromatic nitrogens is 2. The van der Waals surface area contributed by atoms with Crippen molar-refractivity contribution < 1.29 is 4.79 Å². The Bertz CT molecular complexity index is 1160. The van der Waals surface area contributed by atoms with Crippen LogP contribution < -0.4 is 10.6 Å². The fraction of sp³-hybridized carbons (Fsp3) is 0.273. The molecule has 150 valence electrons. The first-order chi connectivity index (χ1) is 13.7. The predicted octanol–water partition coefficient (Wildman–Crippen LogP) is 4.29. The summed E-state index contributed by atoms with van der Waals surface area (Å²) in [5.74, 6) is 0.540. The second kappa shape index (κ2) is 8.14. The molecule has 1 amide bonds. The molecule has 1 aliphatic rings. The van der Waals surface area contributed by atoms with Crippen LogP contribution in [0.2, 0.25) is 0 Å². The monoisotopic (exact) mass is 426 g/mol. The molecule has 0 spiro atoms. The number of nitrogens with zero attached hydrogens (tertiary/aromatic N) is 2. The van der Waals surface area contributed by atoms with Crippen molar-refractivity contribution in [1.29, 1.82) is 0 Å². The summed E-state index contributed by atoms with van der Waals surface area (Å²) in [5, 5.41) is 6.40. The molecule has 4 aromatic rings. The van der Waals surface area contributed by atoms with Crippen LogP contribution in [0, 0.1) is 12.8 Å². The Balaban J connectivity index is 0.00000205. The van der Waals surface area contributed by atoms with E-state index in [1.54, 1.807) is 11.3 Å². The van der Waals surface area contributed by atoms with Crippen LogP contribution in [-0.4, -0.2) is 34.9 Å². The Hall–Kier alpha value is -2.41. The lowest BCUT2D eigenvalue weighted by Gasteiger charge is -2.10. The van der Waals surface area contributed by atoms with Gasteiger partial charge in [0.05, 0.1) is 15.9 Å². The molecule has 1 aliphatic heterocycles. The molecule has 0 saturated carbocycles. The Labute approximate surface area is 179 Å². The summed E-state index contributed by atoms with van der Waals surface area (Å²) in [4.78, 5) is 18.2. The van der Waals surface area contributed by atoms with Gasteiger partial charge in [-0.15, -0.1) is 12.4 Å². The third-order valence-electron chi connectivity index (χ3n) is 5.42. The maximum Gasteiger partial charge on any atom is 0.251 e. The molecule has 1 saturated heterocycles. The van der Waals surface area contributed by atoms with Gasteiger partial charge in [-0.05, 0) is 50.6 Å². The first kappa shape index (κ1) is 19.9. The van der Waals surface area contributed by atoms with Gasteiger partial charge in [-0.3, -0.25) is 9.20 Å². The average Bonchev–Trinajstić information content (AvgIpc) is 3.42. The number of benzene rings is 2. The van der Waals surface area contributed by atoms with E-state index in [0.29, 0.717) is 11.5 Å². The number of fused-ring (bicyclic) bond motifs is 3. The molecule has 2 aromatic carbocycles. The van der Waals surface area contributed by atoms with Gasteiger partial charge in [0.2, 0.25) is 0 Å². The van der Waals surface area contributed by atoms with Crippen molar-refractivity contribution in [2.75, 3.05) is 19.6 Å². The number of amides is 1.